The summed E-state index contributed by atoms with van der Waals surface area (Å²) in [4.78, 5) is 14.8. The van der Waals surface area contributed by atoms with E-state index >= 15 is 0 Å². The quantitative estimate of drug-likeness (QED) is 0.863. The second kappa shape index (κ2) is 8.49. The van der Waals surface area contributed by atoms with E-state index in [2.05, 4.69) is 36.1 Å². The average Bonchev–Trinajstić information content (AvgIpc) is 3.02. The SMILES string of the molecule is C[C@@H]1C[C@@H](C)CN(C[C@H](C)NC(=O)Cc2cc(-c3ccccc3)on2)C1. The first-order chi connectivity index (χ1) is 12.5. The van der Waals surface area contributed by atoms with E-state index in [-0.39, 0.29) is 18.4 Å². The molecule has 1 aromatic carbocycles. The van der Waals surface area contributed by atoms with Crippen LogP contribution in [0.3, 0.4) is 0 Å². The molecule has 1 aromatic heterocycles. The normalized spacial score (nSPS) is 22.1. The smallest absolute Gasteiger partial charge is 0.226 e. The minimum absolute atomic E-state index is 0.0106. The first-order valence-electron chi connectivity index (χ1n) is 9.52. The third-order valence-electron chi connectivity index (χ3n) is 4.84. The van der Waals surface area contributed by atoms with Crippen molar-refractivity contribution in [3.05, 3.63) is 42.1 Å². The highest BCUT2D eigenvalue weighted by atomic mass is 16.5. The van der Waals surface area contributed by atoms with E-state index in [1.165, 1.54) is 6.42 Å². The van der Waals surface area contributed by atoms with Crippen molar-refractivity contribution in [1.82, 2.24) is 15.4 Å². The van der Waals surface area contributed by atoms with Crippen molar-refractivity contribution in [2.75, 3.05) is 19.6 Å². The van der Waals surface area contributed by atoms with Gasteiger partial charge in [0, 0.05) is 37.3 Å². The van der Waals surface area contributed by atoms with Crippen molar-refractivity contribution >= 4 is 5.91 Å². The number of hydrogen-bond acceptors (Lipinski definition) is 4. The second-order valence-electron chi connectivity index (χ2n) is 7.86. The number of nitrogens with zero attached hydrogens (tertiary/aromatic N) is 2. The Bertz CT molecular complexity index is 703. The zero-order valence-electron chi connectivity index (χ0n) is 15.9. The number of piperidine rings is 1. The van der Waals surface area contributed by atoms with Crippen molar-refractivity contribution in [1.29, 1.82) is 0 Å². The molecule has 0 bridgehead atoms. The largest absolute Gasteiger partial charge is 0.356 e. The fourth-order valence-corrected chi connectivity index (χ4v) is 4.00. The summed E-state index contributed by atoms with van der Waals surface area (Å²) < 4.78 is 5.36. The van der Waals surface area contributed by atoms with Crippen LogP contribution in [0.5, 0.6) is 0 Å². The Labute approximate surface area is 155 Å². The minimum atomic E-state index is -0.0106. The van der Waals surface area contributed by atoms with Gasteiger partial charge in [-0.25, -0.2) is 0 Å². The zero-order valence-corrected chi connectivity index (χ0v) is 15.9. The maximum absolute atomic E-state index is 12.3. The van der Waals surface area contributed by atoms with E-state index in [0.717, 1.165) is 37.0 Å². The van der Waals surface area contributed by atoms with Gasteiger partial charge in [0.25, 0.3) is 0 Å². The Kier molecular flexibility index (Phi) is 6.09. The van der Waals surface area contributed by atoms with Crippen LogP contribution in [0.4, 0.5) is 0 Å². The molecule has 5 nitrogen and oxygen atoms in total. The van der Waals surface area contributed by atoms with Crippen LogP contribution in [0.15, 0.2) is 40.9 Å². The standard InChI is InChI=1S/C21H29N3O2/c1-15-9-16(2)13-24(12-15)14-17(3)22-21(25)11-19-10-20(26-23-19)18-7-5-4-6-8-18/h4-8,10,15-17H,9,11-14H2,1-3H3,(H,22,25)/t15-,16-,17+/m1/s1. The van der Waals surface area contributed by atoms with Crippen LogP contribution in [0.1, 0.15) is 32.9 Å². The molecule has 0 spiro atoms. The molecule has 0 radical (unpaired) electrons. The monoisotopic (exact) mass is 355 g/mol. The van der Waals surface area contributed by atoms with Crippen molar-refractivity contribution < 1.29 is 9.32 Å². The highest BCUT2D eigenvalue weighted by Gasteiger charge is 2.23. The van der Waals surface area contributed by atoms with Gasteiger partial charge in [-0.05, 0) is 25.2 Å². The number of nitrogens with one attached hydrogen (secondary N) is 1. The van der Waals surface area contributed by atoms with Crippen LogP contribution in [0, 0.1) is 11.8 Å². The van der Waals surface area contributed by atoms with Gasteiger partial charge in [-0.3, -0.25) is 4.79 Å². The van der Waals surface area contributed by atoms with Gasteiger partial charge in [0.15, 0.2) is 5.76 Å². The Hall–Kier alpha value is -2.14. The molecular weight excluding hydrogens is 326 g/mol. The zero-order chi connectivity index (χ0) is 18.5. The molecule has 1 aliphatic heterocycles. The highest BCUT2D eigenvalue weighted by Crippen LogP contribution is 2.21. The minimum Gasteiger partial charge on any atom is -0.356 e. The first-order valence-corrected chi connectivity index (χ1v) is 9.52. The van der Waals surface area contributed by atoms with E-state index < -0.39 is 0 Å². The summed E-state index contributed by atoms with van der Waals surface area (Å²) in [6.45, 7) is 9.82. The van der Waals surface area contributed by atoms with Crippen molar-refractivity contribution in [3.63, 3.8) is 0 Å². The number of carbonyl (C=O) groups is 1. The topological polar surface area (TPSA) is 58.4 Å². The van der Waals surface area contributed by atoms with Gasteiger partial charge in [-0.1, -0.05) is 49.3 Å². The maximum Gasteiger partial charge on any atom is 0.226 e. The average molecular weight is 355 g/mol. The van der Waals surface area contributed by atoms with Crippen molar-refractivity contribution in [2.45, 2.75) is 39.7 Å². The van der Waals surface area contributed by atoms with Crippen LogP contribution >= 0.6 is 0 Å². The fraction of sp³-hybridized carbons (Fsp3) is 0.524. The predicted octanol–water partition coefficient (Wildman–Crippen LogP) is 3.37. The fourth-order valence-electron chi connectivity index (χ4n) is 4.00. The number of carbonyl (C=O) groups excluding carboxylic acids is 1. The third-order valence-corrected chi connectivity index (χ3v) is 4.84. The number of hydrogen-bond donors (Lipinski definition) is 1. The summed E-state index contributed by atoms with van der Waals surface area (Å²) in [5, 5.41) is 7.12. The molecule has 1 fully saturated rings. The molecule has 3 atom stereocenters. The molecule has 1 N–H and O–H groups in total. The van der Waals surface area contributed by atoms with Crippen LogP contribution in [0.2, 0.25) is 0 Å². The molecule has 0 aliphatic carbocycles. The Morgan fingerprint density at radius 1 is 1.27 bits per heavy atom. The lowest BCUT2D eigenvalue weighted by atomic mass is 9.92. The van der Waals surface area contributed by atoms with Gasteiger partial charge in [0.1, 0.15) is 0 Å². The van der Waals surface area contributed by atoms with Gasteiger partial charge in [-0.2, -0.15) is 0 Å². The first kappa shape index (κ1) is 18.6. The number of likely N-dealkylation sites (tertiary alicyclic amines) is 1. The molecular formula is C21H29N3O2. The van der Waals surface area contributed by atoms with Crippen molar-refractivity contribution in [2.24, 2.45) is 11.8 Å². The van der Waals surface area contributed by atoms with Crippen LogP contribution in [-0.4, -0.2) is 41.6 Å². The van der Waals surface area contributed by atoms with E-state index in [1.54, 1.807) is 0 Å². The summed E-state index contributed by atoms with van der Waals surface area (Å²) in [5.74, 6) is 2.14. The third kappa shape index (κ3) is 5.18. The lowest BCUT2D eigenvalue weighted by molar-refractivity contribution is -0.121. The van der Waals surface area contributed by atoms with Gasteiger partial charge in [0.05, 0.1) is 12.1 Å². The van der Waals surface area contributed by atoms with E-state index in [4.69, 9.17) is 4.52 Å². The molecule has 5 heteroatoms. The summed E-state index contributed by atoms with van der Waals surface area (Å²) in [7, 11) is 0. The second-order valence-corrected chi connectivity index (χ2v) is 7.86. The van der Waals surface area contributed by atoms with Crippen LogP contribution in [0.25, 0.3) is 11.3 Å². The van der Waals surface area contributed by atoms with Crippen molar-refractivity contribution in [3.8, 4) is 11.3 Å². The van der Waals surface area contributed by atoms with Gasteiger partial charge in [0.2, 0.25) is 5.91 Å². The Morgan fingerprint density at radius 3 is 2.65 bits per heavy atom. The van der Waals surface area contributed by atoms with Gasteiger partial charge >= 0.3 is 0 Å². The molecule has 3 rings (SSSR count). The Morgan fingerprint density at radius 2 is 1.96 bits per heavy atom. The van der Waals surface area contributed by atoms with E-state index in [1.807, 2.05) is 36.4 Å². The molecule has 0 unspecified atom stereocenters. The lowest BCUT2D eigenvalue weighted by Crippen LogP contribution is -2.47. The van der Waals surface area contributed by atoms with Crippen LogP contribution in [-0.2, 0) is 11.2 Å². The molecule has 2 aromatic rings. The molecule has 1 aliphatic rings. The van der Waals surface area contributed by atoms with E-state index in [9.17, 15) is 4.79 Å². The highest BCUT2D eigenvalue weighted by molar-refractivity contribution is 5.78. The summed E-state index contributed by atoms with van der Waals surface area (Å²) >= 11 is 0. The molecule has 140 valence electrons. The number of amides is 1. The molecule has 0 saturated carbocycles. The number of benzene rings is 1. The van der Waals surface area contributed by atoms with Gasteiger partial charge in [-0.15, -0.1) is 0 Å². The van der Waals surface area contributed by atoms with E-state index in [0.29, 0.717) is 11.5 Å². The lowest BCUT2D eigenvalue weighted by Gasteiger charge is -2.36. The Balaban J connectivity index is 1.48. The molecule has 1 saturated heterocycles. The predicted molar refractivity (Wildman–Crippen MR) is 103 cm³/mol. The molecule has 26 heavy (non-hydrogen) atoms. The summed E-state index contributed by atoms with van der Waals surface area (Å²) in [6, 6.07) is 11.8. The summed E-state index contributed by atoms with van der Waals surface area (Å²) in [5.41, 5.74) is 1.63. The number of rotatable bonds is 6. The maximum atomic E-state index is 12.3. The molecule has 1 amide bonds. The number of aromatic nitrogens is 1. The molecule has 2 heterocycles. The van der Waals surface area contributed by atoms with Crippen LogP contribution < -0.4 is 5.32 Å². The summed E-state index contributed by atoms with van der Waals surface area (Å²) in [6.07, 6.45) is 1.54. The van der Waals surface area contributed by atoms with Gasteiger partial charge < -0.3 is 14.7 Å².